The van der Waals surface area contributed by atoms with Crippen LogP contribution in [0.1, 0.15) is 49.5 Å². The summed E-state index contributed by atoms with van der Waals surface area (Å²) in [6.45, 7) is 8.03. The van der Waals surface area contributed by atoms with E-state index in [9.17, 15) is 9.59 Å². The summed E-state index contributed by atoms with van der Waals surface area (Å²) in [5.41, 5.74) is 2.71. The molecule has 1 amide bonds. The minimum absolute atomic E-state index is 0.0108. The molecule has 29 heavy (non-hydrogen) atoms. The molecule has 1 heterocycles. The standard InChI is InChI=1S/C24H30N2O3/c1-17(2)29-23-8-4-6-20(14-23)24(28)21-7-5-13-26(16-21)15-19-9-11-22(12-10-19)25-18(3)27/h4,6,8-12,14,17,21H,5,7,13,15-16H2,1-3H3,(H,25,27)/t21-/m0/s1. The Morgan fingerprint density at radius 3 is 2.62 bits per heavy atom. The molecule has 0 saturated carbocycles. The third-order valence-electron chi connectivity index (χ3n) is 5.05. The number of rotatable bonds is 7. The summed E-state index contributed by atoms with van der Waals surface area (Å²) in [5.74, 6) is 0.886. The van der Waals surface area contributed by atoms with Crippen molar-refractivity contribution >= 4 is 17.4 Å². The van der Waals surface area contributed by atoms with Gasteiger partial charge in [0.25, 0.3) is 0 Å². The summed E-state index contributed by atoms with van der Waals surface area (Å²) in [5, 5.41) is 2.78. The minimum atomic E-state index is -0.0713. The van der Waals surface area contributed by atoms with Gasteiger partial charge in [0.1, 0.15) is 5.75 Å². The predicted octanol–water partition coefficient (Wildman–Crippen LogP) is 4.53. The highest BCUT2D eigenvalue weighted by molar-refractivity contribution is 5.98. The molecule has 1 saturated heterocycles. The molecule has 1 fully saturated rings. The first-order valence-electron chi connectivity index (χ1n) is 10.3. The van der Waals surface area contributed by atoms with Crippen LogP contribution in [0.2, 0.25) is 0 Å². The minimum Gasteiger partial charge on any atom is -0.491 e. The fourth-order valence-electron chi connectivity index (χ4n) is 3.80. The molecule has 1 aliphatic heterocycles. The van der Waals surface area contributed by atoms with E-state index >= 15 is 0 Å². The highest BCUT2D eigenvalue weighted by Gasteiger charge is 2.26. The van der Waals surface area contributed by atoms with Crippen molar-refractivity contribution in [3.63, 3.8) is 0 Å². The molecule has 154 valence electrons. The maximum Gasteiger partial charge on any atom is 0.221 e. The molecule has 0 unspecified atom stereocenters. The lowest BCUT2D eigenvalue weighted by Crippen LogP contribution is -2.38. The number of benzene rings is 2. The third kappa shape index (κ3) is 6.16. The Kier molecular flexibility index (Phi) is 7.04. The number of amides is 1. The van der Waals surface area contributed by atoms with E-state index in [-0.39, 0.29) is 23.7 Å². The van der Waals surface area contributed by atoms with Gasteiger partial charge in [0.2, 0.25) is 5.91 Å². The molecular weight excluding hydrogens is 364 g/mol. The average molecular weight is 395 g/mol. The van der Waals surface area contributed by atoms with E-state index in [1.807, 2.05) is 62.4 Å². The van der Waals surface area contributed by atoms with E-state index in [0.717, 1.165) is 49.5 Å². The number of Topliss-reactive ketones (excluding diaryl/α,β-unsaturated/α-hetero) is 1. The van der Waals surface area contributed by atoms with Crippen molar-refractivity contribution in [3.8, 4) is 5.75 Å². The number of carbonyl (C=O) groups is 2. The van der Waals surface area contributed by atoms with Gasteiger partial charge in [-0.2, -0.15) is 0 Å². The predicted molar refractivity (Wildman–Crippen MR) is 115 cm³/mol. The second-order valence-electron chi connectivity index (χ2n) is 8.01. The molecule has 1 aliphatic rings. The summed E-state index contributed by atoms with van der Waals surface area (Å²) in [6.07, 6.45) is 2.02. The van der Waals surface area contributed by atoms with Gasteiger partial charge in [0, 0.05) is 37.2 Å². The molecule has 5 heteroatoms. The Hall–Kier alpha value is -2.66. The van der Waals surface area contributed by atoms with Crippen LogP contribution in [0.5, 0.6) is 5.75 Å². The van der Waals surface area contributed by atoms with E-state index < -0.39 is 0 Å². The molecule has 0 aliphatic carbocycles. The zero-order valence-corrected chi connectivity index (χ0v) is 17.5. The molecule has 3 rings (SSSR count). The van der Waals surface area contributed by atoms with Crippen molar-refractivity contribution in [2.75, 3.05) is 18.4 Å². The SMILES string of the molecule is CC(=O)Nc1ccc(CN2CCC[C@H](C(=O)c3cccc(OC(C)C)c3)C2)cc1. The van der Waals surface area contributed by atoms with Gasteiger partial charge in [-0.3, -0.25) is 14.5 Å². The van der Waals surface area contributed by atoms with Gasteiger partial charge in [0.05, 0.1) is 6.10 Å². The lowest BCUT2D eigenvalue weighted by atomic mass is 9.89. The van der Waals surface area contributed by atoms with E-state index in [1.165, 1.54) is 12.5 Å². The molecule has 2 aromatic rings. The van der Waals surface area contributed by atoms with Gasteiger partial charge in [-0.15, -0.1) is 0 Å². The maximum absolute atomic E-state index is 13.1. The van der Waals surface area contributed by atoms with Crippen molar-refractivity contribution in [2.24, 2.45) is 5.92 Å². The van der Waals surface area contributed by atoms with E-state index in [2.05, 4.69) is 10.2 Å². The Balaban J connectivity index is 1.61. The molecule has 2 aromatic carbocycles. The van der Waals surface area contributed by atoms with Gasteiger partial charge >= 0.3 is 0 Å². The van der Waals surface area contributed by atoms with Crippen LogP contribution in [-0.4, -0.2) is 35.8 Å². The topological polar surface area (TPSA) is 58.6 Å². The van der Waals surface area contributed by atoms with Crippen LogP contribution in [0, 0.1) is 5.92 Å². The van der Waals surface area contributed by atoms with Gasteiger partial charge in [0.15, 0.2) is 5.78 Å². The summed E-state index contributed by atoms with van der Waals surface area (Å²) < 4.78 is 5.74. The number of nitrogens with zero attached hydrogens (tertiary/aromatic N) is 1. The monoisotopic (exact) mass is 394 g/mol. The van der Waals surface area contributed by atoms with Crippen LogP contribution in [0.3, 0.4) is 0 Å². The van der Waals surface area contributed by atoms with E-state index in [1.54, 1.807) is 0 Å². The quantitative estimate of drug-likeness (QED) is 0.701. The third-order valence-corrected chi connectivity index (χ3v) is 5.05. The fraction of sp³-hybridized carbons (Fsp3) is 0.417. The fourth-order valence-corrected chi connectivity index (χ4v) is 3.80. The van der Waals surface area contributed by atoms with Crippen LogP contribution in [0.15, 0.2) is 48.5 Å². The molecule has 1 atom stereocenters. The van der Waals surface area contributed by atoms with E-state index in [4.69, 9.17) is 4.74 Å². The molecule has 0 aromatic heterocycles. The normalized spacial score (nSPS) is 17.2. The zero-order valence-electron chi connectivity index (χ0n) is 17.5. The second kappa shape index (κ2) is 9.70. The molecule has 0 radical (unpaired) electrons. The van der Waals surface area contributed by atoms with Crippen molar-refractivity contribution in [1.82, 2.24) is 4.90 Å². The van der Waals surface area contributed by atoms with Crippen molar-refractivity contribution in [1.29, 1.82) is 0 Å². The number of ketones is 1. The Bertz CT molecular complexity index is 845. The number of piperidine rings is 1. The largest absolute Gasteiger partial charge is 0.491 e. The van der Waals surface area contributed by atoms with Crippen LogP contribution in [-0.2, 0) is 11.3 Å². The van der Waals surface area contributed by atoms with Crippen LogP contribution < -0.4 is 10.1 Å². The number of ether oxygens (including phenoxy) is 1. The van der Waals surface area contributed by atoms with Crippen LogP contribution in [0.25, 0.3) is 0 Å². The molecule has 5 nitrogen and oxygen atoms in total. The molecule has 0 bridgehead atoms. The van der Waals surface area contributed by atoms with Crippen LogP contribution >= 0.6 is 0 Å². The van der Waals surface area contributed by atoms with E-state index in [0.29, 0.717) is 0 Å². The first kappa shape index (κ1) is 21.1. The lowest BCUT2D eigenvalue weighted by Gasteiger charge is -2.32. The van der Waals surface area contributed by atoms with Gasteiger partial charge in [-0.05, 0) is 63.1 Å². The Labute approximate surface area is 173 Å². The first-order chi connectivity index (χ1) is 13.9. The number of hydrogen-bond donors (Lipinski definition) is 1. The first-order valence-corrected chi connectivity index (χ1v) is 10.3. The number of anilines is 1. The smallest absolute Gasteiger partial charge is 0.221 e. The number of hydrogen-bond acceptors (Lipinski definition) is 4. The van der Waals surface area contributed by atoms with Gasteiger partial charge < -0.3 is 10.1 Å². The lowest BCUT2D eigenvalue weighted by molar-refractivity contribution is -0.114. The highest BCUT2D eigenvalue weighted by atomic mass is 16.5. The number of likely N-dealkylation sites (tertiary alicyclic amines) is 1. The van der Waals surface area contributed by atoms with Crippen molar-refractivity contribution in [3.05, 3.63) is 59.7 Å². The summed E-state index contributed by atoms with van der Waals surface area (Å²) in [6, 6.07) is 15.4. The molecule has 0 spiro atoms. The summed E-state index contributed by atoms with van der Waals surface area (Å²) in [7, 11) is 0. The second-order valence-corrected chi connectivity index (χ2v) is 8.01. The molecular formula is C24H30N2O3. The summed E-state index contributed by atoms with van der Waals surface area (Å²) in [4.78, 5) is 26.5. The van der Waals surface area contributed by atoms with Crippen molar-refractivity contribution < 1.29 is 14.3 Å². The Morgan fingerprint density at radius 2 is 1.93 bits per heavy atom. The summed E-state index contributed by atoms with van der Waals surface area (Å²) >= 11 is 0. The zero-order chi connectivity index (χ0) is 20.8. The highest BCUT2D eigenvalue weighted by Crippen LogP contribution is 2.25. The van der Waals surface area contributed by atoms with Crippen LogP contribution in [0.4, 0.5) is 5.69 Å². The van der Waals surface area contributed by atoms with Gasteiger partial charge in [-0.25, -0.2) is 0 Å². The molecule has 1 N–H and O–H groups in total. The number of nitrogens with one attached hydrogen (secondary N) is 1. The van der Waals surface area contributed by atoms with Gasteiger partial charge in [-0.1, -0.05) is 24.3 Å². The average Bonchev–Trinajstić information content (AvgIpc) is 2.68. The van der Waals surface area contributed by atoms with Crippen molar-refractivity contribution in [2.45, 2.75) is 46.3 Å². The number of carbonyl (C=O) groups excluding carboxylic acids is 2. The Morgan fingerprint density at radius 1 is 1.17 bits per heavy atom. The maximum atomic E-state index is 13.1.